The smallest absolute Gasteiger partial charge is 0.234 e. The van der Waals surface area contributed by atoms with Gasteiger partial charge in [0, 0.05) is 12.1 Å². The summed E-state index contributed by atoms with van der Waals surface area (Å²) >= 11 is 0. The SMILES string of the molecule is C#CC[C@H]1C(=O)N(c2ccc(OC)cc2)[C@H]1C=O. The molecule has 0 aliphatic carbocycles. The number of β-lactam (4-membered cyclic amide) rings is 1. The number of hydrogen-bond donors (Lipinski definition) is 0. The molecule has 1 aromatic carbocycles. The Morgan fingerprint density at radius 2 is 2.11 bits per heavy atom. The van der Waals surface area contributed by atoms with E-state index in [1.165, 1.54) is 4.90 Å². The summed E-state index contributed by atoms with van der Waals surface area (Å²) in [5.74, 6) is 2.65. The van der Waals surface area contributed by atoms with Crippen molar-refractivity contribution < 1.29 is 14.3 Å². The molecule has 4 nitrogen and oxygen atoms in total. The van der Waals surface area contributed by atoms with E-state index in [2.05, 4.69) is 5.92 Å². The van der Waals surface area contributed by atoms with Gasteiger partial charge in [-0.2, -0.15) is 0 Å². The lowest BCUT2D eigenvalue weighted by molar-refractivity contribution is -0.133. The van der Waals surface area contributed by atoms with Crippen LogP contribution in [-0.2, 0) is 9.59 Å². The predicted octanol–water partition coefficient (Wildman–Crippen LogP) is 1.25. The minimum absolute atomic E-state index is 0.102. The van der Waals surface area contributed by atoms with Gasteiger partial charge in [0.1, 0.15) is 18.1 Å². The van der Waals surface area contributed by atoms with Gasteiger partial charge in [-0.3, -0.25) is 4.79 Å². The van der Waals surface area contributed by atoms with Crippen LogP contribution in [0.25, 0.3) is 0 Å². The molecule has 1 saturated heterocycles. The van der Waals surface area contributed by atoms with Crippen molar-refractivity contribution in [2.75, 3.05) is 12.0 Å². The summed E-state index contributed by atoms with van der Waals surface area (Å²) < 4.78 is 5.04. The fraction of sp³-hybridized carbons (Fsp3) is 0.286. The van der Waals surface area contributed by atoms with Crippen LogP contribution in [0.3, 0.4) is 0 Å². The van der Waals surface area contributed by atoms with Gasteiger partial charge in [-0.05, 0) is 24.3 Å². The number of carbonyl (C=O) groups excluding carboxylic acids is 2. The largest absolute Gasteiger partial charge is 0.497 e. The van der Waals surface area contributed by atoms with E-state index < -0.39 is 6.04 Å². The number of amides is 1. The van der Waals surface area contributed by atoms with E-state index >= 15 is 0 Å². The number of rotatable bonds is 4. The maximum absolute atomic E-state index is 11.9. The monoisotopic (exact) mass is 243 g/mol. The van der Waals surface area contributed by atoms with Crippen LogP contribution >= 0.6 is 0 Å². The van der Waals surface area contributed by atoms with E-state index in [9.17, 15) is 9.59 Å². The summed E-state index contributed by atoms with van der Waals surface area (Å²) in [5.41, 5.74) is 0.686. The molecule has 2 atom stereocenters. The zero-order valence-corrected chi connectivity index (χ0v) is 10.00. The number of carbonyl (C=O) groups is 2. The van der Waals surface area contributed by atoms with Crippen molar-refractivity contribution in [3.63, 3.8) is 0 Å². The molecule has 1 aromatic rings. The van der Waals surface area contributed by atoms with Crippen LogP contribution < -0.4 is 9.64 Å². The van der Waals surface area contributed by atoms with Crippen LogP contribution in [0.4, 0.5) is 5.69 Å². The minimum Gasteiger partial charge on any atom is -0.497 e. The third-order valence-electron chi connectivity index (χ3n) is 3.09. The molecule has 1 amide bonds. The average molecular weight is 243 g/mol. The van der Waals surface area contributed by atoms with Crippen molar-refractivity contribution in [3.05, 3.63) is 24.3 Å². The van der Waals surface area contributed by atoms with E-state index in [1.54, 1.807) is 31.4 Å². The molecule has 92 valence electrons. The quantitative estimate of drug-likeness (QED) is 0.454. The third-order valence-corrected chi connectivity index (χ3v) is 3.09. The van der Waals surface area contributed by atoms with Gasteiger partial charge in [0.15, 0.2) is 0 Å². The second-order valence-corrected chi connectivity index (χ2v) is 4.05. The molecular weight excluding hydrogens is 230 g/mol. The Hall–Kier alpha value is -2.28. The molecule has 0 bridgehead atoms. The van der Waals surface area contributed by atoms with Crippen LogP contribution in [0.1, 0.15) is 6.42 Å². The maximum atomic E-state index is 11.9. The van der Waals surface area contributed by atoms with Crippen molar-refractivity contribution in [3.8, 4) is 18.1 Å². The van der Waals surface area contributed by atoms with Gasteiger partial charge in [0.2, 0.25) is 5.91 Å². The summed E-state index contributed by atoms with van der Waals surface area (Å²) in [6.45, 7) is 0. The van der Waals surface area contributed by atoms with Crippen molar-refractivity contribution in [1.29, 1.82) is 0 Å². The molecule has 0 N–H and O–H groups in total. The molecule has 1 fully saturated rings. The number of terminal acetylenes is 1. The Balaban J connectivity index is 2.20. The third kappa shape index (κ3) is 1.84. The Morgan fingerprint density at radius 1 is 1.44 bits per heavy atom. The highest BCUT2D eigenvalue weighted by atomic mass is 16.5. The first-order chi connectivity index (χ1) is 8.72. The summed E-state index contributed by atoms with van der Waals surface area (Å²) in [5, 5.41) is 0. The summed E-state index contributed by atoms with van der Waals surface area (Å²) in [7, 11) is 1.57. The molecule has 0 radical (unpaired) electrons. The number of methoxy groups -OCH3 is 1. The molecule has 18 heavy (non-hydrogen) atoms. The fourth-order valence-corrected chi connectivity index (χ4v) is 2.10. The molecule has 1 heterocycles. The van der Waals surface area contributed by atoms with Gasteiger partial charge in [-0.25, -0.2) is 0 Å². The molecule has 0 unspecified atom stereocenters. The standard InChI is InChI=1S/C14H13NO3/c1-3-4-12-13(9-16)15(14(12)17)10-5-7-11(18-2)8-6-10/h1,5-9,12-13H,4H2,2H3/t12-,13+/m1/s1. The van der Waals surface area contributed by atoms with E-state index in [0.29, 0.717) is 17.9 Å². The van der Waals surface area contributed by atoms with Gasteiger partial charge >= 0.3 is 0 Å². The number of nitrogens with zero attached hydrogens (tertiary/aromatic N) is 1. The molecule has 1 aliphatic heterocycles. The Kier molecular flexibility index (Phi) is 3.33. The Bertz CT molecular complexity index is 501. The second kappa shape index (κ2) is 4.92. The molecule has 1 aliphatic rings. The van der Waals surface area contributed by atoms with Crippen LogP contribution in [-0.4, -0.2) is 25.3 Å². The first-order valence-electron chi connectivity index (χ1n) is 5.58. The molecule has 0 spiro atoms. The first kappa shape index (κ1) is 12.2. The number of aldehydes is 1. The molecule has 4 heteroatoms. The first-order valence-corrected chi connectivity index (χ1v) is 5.58. The predicted molar refractivity (Wildman–Crippen MR) is 67.3 cm³/mol. The van der Waals surface area contributed by atoms with Crippen molar-refractivity contribution in [1.82, 2.24) is 0 Å². The number of benzene rings is 1. The van der Waals surface area contributed by atoms with Crippen molar-refractivity contribution in [2.24, 2.45) is 5.92 Å². The van der Waals surface area contributed by atoms with Crippen molar-refractivity contribution in [2.45, 2.75) is 12.5 Å². The summed E-state index contributed by atoms with van der Waals surface area (Å²) in [4.78, 5) is 24.4. The van der Waals surface area contributed by atoms with E-state index in [0.717, 1.165) is 6.29 Å². The lowest BCUT2D eigenvalue weighted by Crippen LogP contribution is -2.62. The van der Waals surface area contributed by atoms with Gasteiger partial charge in [0.05, 0.1) is 13.0 Å². The Labute approximate surface area is 106 Å². The molecule has 0 aromatic heterocycles. The zero-order valence-electron chi connectivity index (χ0n) is 10.00. The van der Waals surface area contributed by atoms with E-state index in [4.69, 9.17) is 11.2 Å². The lowest BCUT2D eigenvalue weighted by Gasteiger charge is -2.43. The van der Waals surface area contributed by atoms with Gasteiger partial charge < -0.3 is 14.4 Å². The maximum Gasteiger partial charge on any atom is 0.234 e. The highest BCUT2D eigenvalue weighted by molar-refractivity contribution is 6.08. The highest BCUT2D eigenvalue weighted by Gasteiger charge is 2.47. The van der Waals surface area contributed by atoms with Crippen LogP contribution in [0.2, 0.25) is 0 Å². The number of anilines is 1. The topological polar surface area (TPSA) is 46.6 Å². The van der Waals surface area contributed by atoms with Crippen LogP contribution in [0, 0.1) is 18.3 Å². The summed E-state index contributed by atoms with van der Waals surface area (Å²) in [6.07, 6.45) is 6.26. The van der Waals surface area contributed by atoms with E-state index in [1.807, 2.05) is 0 Å². The van der Waals surface area contributed by atoms with Gasteiger partial charge in [-0.15, -0.1) is 12.3 Å². The lowest BCUT2D eigenvalue weighted by atomic mass is 9.85. The minimum atomic E-state index is -0.457. The van der Waals surface area contributed by atoms with Crippen LogP contribution in [0.15, 0.2) is 24.3 Å². The normalized spacial score (nSPS) is 22.0. The summed E-state index contributed by atoms with van der Waals surface area (Å²) in [6, 6.07) is 6.54. The van der Waals surface area contributed by atoms with Gasteiger partial charge in [0.25, 0.3) is 0 Å². The number of hydrogen-bond acceptors (Lipinski definition) is 3. The highest BCUT2D eigenvalue weighted by Crippen LogP contribution is 2.34. The van der Waals surface area contributed by atoms with Crippen molar-refractivity contribution >= 4 is 17.9 Å². The average Bonchev–Trinajstić information content (AvgIpc) is 2.42. The Morgan fingerprint density at radius 3 is 2.61 bits per heavy atom. The molecular formula is C14H13NO3. The molecule has 0 saturated carbocycles. The number of ether oxygens (including phenoxy) is 1. The molecule has 2 rings (SSSR count). The fourth-order valence-electron chi connectivity index (χ4n) is 2.10. The van der Waals surface area contributed by atoms with Gasteiger partial charge in [-0.1, -0.05) is 0 Å². The second-order valence-electron chi connectivity index (χ2n) is 4.05. The van der Waals surface area contributed by atoms with E-state index in [-0.39, 0.29) is 11.8 Å². The zero-order chi connectivity index (χ0) is 13.1. The van der Waals surface area contributed by atoms with Crippen LogP contribution in [0.5, 0.6) is 5.75 Å².